The van der Waals surface area contributed by atoms with Crippen LogP contribution in [-0.2, 0) is 0 Å². The van der Waals surface area contributed by atoms with Crippen molar-refractivity contribution in [2.45, 2.75) is 75.9 Å². The van der Waals surface area contributed by atoms with E-state index in [1.807, 2.05) is 0 Å². The molecule has 3 nitrogen and oxygen atoms in total. The van der Waals surface area contributed by atoms with Gasteiger partial charge in [0.05, 0.1) is 5.60 Å². The van der Waals surface area contributed by atoms with Gasteiger partial charge in [-0.2, -0.15) is 0 Å². The number of hydrogen-bond donors (Lipinski definition) is 2. The highest BCUT2D eigenvalue weighted by Crippen LogP contribution is 2.39. The second-order valence-electron chi connectivity index (χ2n) is 7.97. The highest BCUT2D eigenvalue weighted by atomic mass is 16.3. The standard InChI is InChI=1S/C17H32N2O/c1-19(14-17(20)10-4-5-11-17)13-16(8-2-3-9-16)12-18-15-6-7-15/h15,18,20H,2-14H2,1H3. The Balaban J connectivity index is 1.52. The second kappa shape index (κ2) is 5.94. The van der Waals surface area contributed by atoms with Gasteiger partial charge in [-0.05, 0) is 51.0 Å². The molecule has 20 heavy (non-hydrogen) atoms. The van der Waals surface area contributed by atoms with Crippen LogP contribution in [0.2, 0.25) is 0 Å². The molecule has 3 saturated carbocycles. The Kier molecular flexibility index (Phi) is 4.40. The van der Waals surface area contributed by atoms with E-state index in [0.29, 0.717) is 5.41 Å². The van der Waals surface area contributed by atoms with Crippen LogP contribution in [0.3, 0.4) is 0 Å². The van der Waals surface area contributed by atoms with Gasteiger partial charge in [-0.15, -0.1) is 0 Å². The van der Waals surface area contributed by atoms with Crippen molar-refractivity contribution < 1.29 is 5.11 Å². The van der Waals surface area contributed by atoms with E-state index in [1.54, 1.807) is 0 Å². The number of aliphatic hydroxyl groups is 1. The Morgan fingerprint density at radius 1 is 1.00 bits per heavy atom. The van der Waals surface area contributed by atoms with Crippen LogP contribution < -0.4 is 5.32 Å². The predicted octanol–water partition coefficient (Wildman–Crippen LogP) is 2.54. The summed E-state index contributed by atoms with van der Waals surface area (Å²) < 4.78 is 0. The van der Waals surface area contributed by atoms with Gasteiger partial charge in [0.15, 0.2) is 0 Å². The fourth-order valence-electron chi connectivity index (χ4n) is 4.49. The molecule has 0 heterocycles. The van der Waals surface area contributed by atoms with Crippen LogP contribution in [0.25, 0.3) is 0 Å². The molecular weight excluding hydrogens is 248 g/mol. The molecule has 0 unspecified atom stereocenters. The van der Waals surface area contributed by atoms with Crippen LogP contribution in [-0.4, -0.2) is 48.3 Å². The first-order valence-corrected chi connectivity index (χ1v) is 8.74. The molecule has 0 radical (unpaired) electrons. The first-order chi connectivity index (χ1) is 9.59. The molecule has 0 aromatic heterocycles. The lowest BCUT2D eigenvalue weighted by molar-refractivity contribution is 0.00563. The van der Waals surface area contributed by atoms with Crippen LogP contribution in [0.15, 0.2) is 0 Å². The number of nitrogens with one attached hydrogen (secondary N) is 1. The van der Waals surface area contributed by atoms with Crippen LogP contribution in [0.1, 0.15) is 64.2 Å². The van der Waals surface area contributed by atoms with Crippen molar-refractivity contribution in [3.8, 4) is 0 Å². The Labute approximate surface area is 124 Å². The fourth-order valence-corrected chi connectivity index (χ4v) is 4.49. The summed E-state index contributed by atoms with van der Waals surface area (Å²) in [5.74, 6) is 0. The summed E-state index contributed by atoms with van der Waals surface area (Å²) >= 11 is 0. The van der Waals surface area contributed by atoms with Crippen LogP contribution >= 0.6 is 0 Å². The van der Waals surface area contributed by atoms with E-state index in [0.717, 1.165) is 32.0 Å². The Hall–Kier alpha value is -0.120. The summed E-state index contributed by atoms with van der Waals surface area (Å²) in [6, 6.07) is 0.816. The van der Waals surface area contributed by atoms with E-state index >= 15 is 0 Å². The number of rotatable bonds is 7. The van der Waals surface area contributed by atoms with Crippen molar-refractivity contribution in [2.75, 3.05) is 26.7 Å². The lowest BCUT2D eigenvalue weighted by Gasteiger charge is -2.37. The molecule has 2 N–H and O–H groups in total. The van der Waals surface area contributed by atoms with E-state index in [2.05, 4.69) is 17.3 Å². The average molecular weight is 280 g/mol. The zero-order chi connectivity index (χ0) is 14.1. The summed E-state index contributed by atoms with van der Waals surface area (Å²) in [7, 11) is 2.22. The minimum absolute atomic E-state index is 0.390. The van der Waals surface area contributed by atoms with Gasteiger partial charge in [0.25, 0.3) is 0 Å². The van der Waals surface area contributed by atoms with E-state index in [-0.39, 0.29) is 0 Å². The van der Waals surface area contributed by atoms with Crippen molar-refractivity contribution in [1.29, 1.82) is 0 Å². The van der Waals surface area contributed by atoms with Gasteiger partial charge in [-0.25, -0.2) is 0 Å². The van der Waals surface area contributed by atoms with Crippen LogP contribution in [0.5, 0.6) is 0 Å². The first kappa shape index (κ1) is 14.8. The third kappa shape index (κ3) is 3.75. The summed E-state index contributed by atoms with van der Waals surface area (Å²) in [4.78, 5) is 2.42. The molecule has 116 valence electrons. The monoisotopic (exact) mass is 280 g/mol. The molecular formula is C17H32N2O. The van der Waals surface area contributed by atoms with Gasteiger partial charge < -0.3 is 15.3 Å². The zero-order valence-electron chi connectivity index (χ0n) is 13.2. The van der Waals surface area contributed by atoms with Crippen LogP contribution in [0, 0.1) is 5.41 Å². The maximum Gasteiger partial charge on any atom is 0.0774 e. The van der Waals surface area contributed by atoms with E-state index in [9.17, 15) is 5.11 Å². The third-order valence-electron chi connectivity index (χ3n) is 5.71. The summed E-state index contributed by atoms with van der Waals surface area (Å²) in [5, 5.41) is 14.3. The molecule has 0 amide bonds. The van der Waals surface area contributed by atoms with Crippen molar-refractivity contribution >= 4 is 0 Å². The molecule has 3 heteroatoms. The Morgan fingerprint density at radius 2 is 1.60 bits per heavy atom. The van der Waals surface area contributed by atoms with Gasteiger partial charge in [-0.1, -0.05) is 25.7 Å². The molecule has 0 aromatic rings. The minimum atomic E-state index is -0.390. The molecule has 0 aliphatic heterocycles. The lowest BCUT2D eigenvalue weighted by Crippen LogP contribution is -2.46. The topological polar surface area (TPSA) is 35.5 Å². The SMILES string of the molecule is CN(CC1(O)CCCC1)CC1(CNC2CC2)CCCC1. The lowest BCUT2D eigenvalue weighted by atomic mass is 9.85. The van der Waals surface area contributed by atoms with Crippen LogP contribution in [0.4, 0.5) is 0 Å². The first-order valence-electron chi connectivity index (χ1n) is 8.74. The van der Waals surface area contributed by atoms with E-state index in [1.165, 1.54) is 57.9 Å². The Morgan fingerprint density at radius 3 is 2.20 bits per heavy atom. The molecule has 0 aromatic carbocycles. The normalized spacial score (nSPS) is 28.4. The zero-order valence-corrected chi connectivity index (χ0v) is 13.2. The van der Waals surface area contributed by atoms with E-state index in [4.69, 9.17) is 0 Å². The molecule has 0 atom stereocenters. The number of nitrogens with zero attached hydrogens (tertiary/aromatic N) is 1. The fraction of sp³-hybridized carbons (Fsp3) is 1.00. The molecule has 3 aliphatic rings. The highest BCUT2D eigenvalue weighted by molar-refractivity contribution is 4.94. The molecule has 0 bridgehead atoms. The van der Waals surface area contributed by atoms with Gasteiger partial charge in [0, 0.05) is 25.7 Å². The average Bonchev–Trinajstić information content (AvgIpc) is 2.97. The predicted molar refractivity (Wildman–Crippen MR) is 82.8 cm³/mol. The van der Waals surface area contributed by atoms with Crippen molar-refractivity contribution in [3.63, 3.8) is 0 Å². The van der Waals surface area contributed by atoms with E-state index < -0.39 is 5.60 Å². The van der Waals surface area contributed by atoms with Crippen molar-refractivity contribution in [2.24, 2.45) is 5.41 Å². The Bertz CT molecular complexity index is 315. The maximum atomic E-state index is 10.6. The maximum absolute atomic E-state index is 10.6. The molecule has 0 saturated heterocycles. The van der Waals surface area contributed by atoms with Gasteiger partial charge in [-0.3, -0.25) is 0 Å². The quantitative estimate of drug-likeness (QED) is 0.752. The minimum Gasteiger partial charge on any atom is -0.389 e. The summed E-state index contributed by atoms with van der Waals surface area (Å²) in [6.45, 7) is 3.23. The summed E-state index contributed by atoms with van der Waals surface area (Å²) in [6.07, 6.45) is 12.7. The van der Waals surface area contributed by atoms with Gasteiger partial charge >= 0.3 is 0 Å². The molecule has 3 aliphatic carbocycles. The molecule has 3 fully saturated rings. The molecule has 3 rings (SSSR count). The number of hydrogen-bond acceptors (Lipinski definition) is 3. The largest absolute Gasteiger partial charge is 0.389 e. The summed E-state index contributed by atoms with van der Waals surface area (Å²) in [5.41, 5.74) is 0.0881. The smallest absolute Gasteiger partial charge is 0.0774 e. The molecule has 0 spiro atoms. The van der Waals surface area contributed by atoms with Gasteiger partial charge in [0.2, 0.25) is 0 Å². The highest BCUT2D eigenvalue weighted by Gasteiger charge is 2.38. The third-order valence-corrected chi connectivity index (χ3v) is 5.71. The van der Waals surface area contributed by atoms with Crippen molar-refractivity contribution in [3.05, 3.63) is 0 Å². The van der Waals surface area contributed by atoms with Crippen molar-refractivity contribution in [1.82, 2.24) is 10.2 Å². The van der Waals surface area contributed by atoms with Gasteiger partial charge in [0.1, 0.15) is 0 Å². The number of likely N-dealkylation sites (N-methyl/N-ethyl adjacent to an activating group) is 1. The second-order valence-corrected chi connectivity index (χ2v) is 7.97.